The van der Waals surface area contributed by atoms with Crippen molar-refractivity contribution in [2.45, 2.75) is 4.90 Å². The van der Waals surface area contributed by atoms with Gasteiger partial charge in [-0.1, -0.05) is 29.5 Å². The molecule has 3 heterocycles. The van der Waals surface area contributed by atoms with Gasteiger partial charge in [0.25, 0.3) is 5.91 Å². The lowest BCUT2D eigenvalue weighted by atomic mass is 10.1. The summed E-state index contributed by atoms with van der Waals surface area (Å²) in [7, 11) is 0. The van der Waals surface area contributed by atoms with Crippen molar-refractivity contribution >= 4 is 55.3 Å². The third-order valence-corrected chi connectivity index (χ3v) is 7.10. The van der Waals surface area contributed by atoms with Gasteiger partial charge in [-0.15, -0.1) is 11.8 Å². The molecule has 0 aliphatic carbocycles. The minimum Gasteiger partial charge on any atom is -0.422 e. The number of thioether (sulfide) groups is 1. The first-order chi connectivity index (χ1) is 14.6. The number of carbonyl (C=O) groups excluding carboxylic acids is 1. The van der Waals surface area contributed by atoms with E-state index < -0.39 is 5.63 Å². The number of fused-ring (bicyclic) bond motifs is 2. The second-order valence-corrected chi connectivity index (χ2v) is 8.98. The Morgan fingerprint density at radius 2 is 1.90 bits per heavy atom. The van der Waals surface area contributed by atoms with Crippen molar-refractivity contribution in [1.82, 2.24) is 9.88 Å². The van der Waals surface area contributed by atoms with Gasteiger partial charge in [0.05, 0.1) is 10.2 Å². The molecule has 6 nitrogen and oxygen atoms in total. The molecule has 5 rings (SSSR count). The molecule has 2 aromatic heterocycles. The van der Waals surface area contributed by atoms with Crippen molar-refractivity contribution in [1.29, 1.82) is 0 Å². The van der Waals surface area contributed by atoms with Gasteiger partial charge < -0.3 is 14.2 Å². The van der Waals surface area contributed by atoms with Crippen LogP contribution in [0.1, 0.15) is 10.4 Å². The van der Waals surface area contributed by atoms with Gasteiger partial charge in [0.2, 0.25) is 0 Å². The molecule has 0 radical (unpaired) electrons. The van der Waals surface area contributed by atoms with E-state index in [0.717, 1.165) is 16.0 Å². The average Bonchev–Trinajstić information content (AvgIpc) is 3.21. The van der Waals surface area contributed by atoms with E-state index in [-0.39, 0.29) is 11.5 Å². The first-order valence-corrected chi connectivity index (χ1v) is 11.7. The van der Waals surface area contributed by atoms with E-state index in [2.05, 4.69) is 29.4 Å². The first-order valence-electron chi connectivity index (χ1n) is 9.64. The van der Waals surface area contributed by atoms with Crippen LogP contribution >= 0.6 is 23.1 Å². The van der Waals surface area contributed by atoms with Crippen molar-refractivity contribution in [3.8, 4) is 0 Å². The van der Waals surface area contributed by atoms with Crippen LogP contribution in [0.4, 0.5) is 5.13 Å². The van der Waals surface area contributed by atoms with Gasteiger partial charge >= 0.3 is 5.63 Å². The maximum Gasteiger partial charge on any atom is 0.349 e. The molecule has 0 N–H and O–H groups in total. The first kappa shape index (κ1) is 19.1. The van der Waals surface area contributed by atoms with E-state index in [1.54, 1.807) is 46.2 Å². The summed E-state index contributed by atoms with van der Waals surface area (Å²) in [5.74, 6) is -0.275. The standard InChI is InChI=1S/C22H19N3O3S2/c1-29-15-6-7-17-19(13-15)30-22(23-17)25-10-8-24(9-11-25)20(26)16-12-14-4-2-3-5-18(14)28-21(16)27/h2-7,12-13H,8-11H2,1H3. The highest BCUT2D eigenvalue weighted by molar-refractivity contribution is 7.98. The van der Waals surface area contributed by atoms with Crippen LogP contribution in [-0.4, -0.2) is 48.2 Å². The summed E-state index contributed by atoms with van der Waals surface area (Å²) in [5, 5.41) is 1.72. The molecular formula is C22H19N3O3S2. The van der Waals surface area contributed by atoms with Crippen LogP contribution in [0.5, 0.6) is 0 Å². The zero-order valence-corrected chi connectivity index (χ0v) is 18.0. The van der Waals surface area contributed by atoms with Crippen LogP contribution in [0.2, 0.25) is 0 Å². The SMILES string of the molecule is CSc1ccc2nc(N3CCN(C(=O)c4cc5ccccc5oc4=O)CC3)sc2c1. The van der Waals surface area contributed by atoms with Gasteiger partial charge in [-0.25, -0.2) is 9.78 Å². The Hall–Kier alpha value is -2.84. The zero-order valence-electron chi connectivity index (χ0n) is 16.3. The Labute approximate surface area is 181 Å². The lowest BCUT2D eigenvalue weighted by Crippen LogP contribution is -2.49. The summed E-state index contributed by atoms with van der Waals surface area (Å²) in [4.78, 5) is 35.2. The van der Waals surface area contributed by atoms with Crippen LogP contribution in [0.25, 0.3) is 21.2 Å². The number of aromatic nitrogens is 1. The van der Waals surface area contributed by atoms with Gasteiger partial charge in [-0.3, -0.25) is 4.79 Å². The minimum atomic E-state index is -0.586. The maximum absolute atomic E-state index is 13.0. The smallest absolute Gasteiger partial charge is 0.349 e. The molecule has 8 heteroatoms. The Balaban J connectivity index is 1.33. The number of benzene rings is 2. The van der Waals surface area contributed by atoms with Gasteiger partial charge in [0.15, 0.2) is 5.13 Å². The Morgan fingerprint density at radius 1 is 1.10 bits per heavy atom. The zero-order chi connectivity index (χ0) is 20.7. The largest absolute Gasteiger partial charge is 0.422 e. The average molecular weight is 438 g/mol. The summed E-state index contributed by atoms with van der Waals surface area (Å²) in [6, 6.07) is 15.2. The number of anilines is 1. The van der Waals surface area contributed by atoms with Crippen LogP contribution in [0.15, 0.2) is 62.6 Å². The summed E-state index contributed by atoms with van der Waals surface area (Å²) in [5.41, 5.74) is 0.994. The van der Waals surface area contributed by atoms with Gasteiger partial charge in [-0.2, -0.15) is 0 Å². The third-order valence-electron chi connectivity index (χ3n) is 5.29. The summed E-state index contributed by atoms with van der Waals surface area (Å²) >= 11 is 3.40. The van der Waals surface area contributed by atoms with Crippen molar-refractivity contribution in [3.05, 3.63) is 64.5 Å². The second kappa shape index (κ2) is 7.77. The number of carbonyl (C=O) groups is 1. The van der Waals surface area contributed by atoms with E-state index in [4.69, 9.17) is 9.40 Å². The fraction of sp³-hybridized carbons (Fsp3) is 0.227. The molecule has 1 amide bonds. The molecule has 30 heavy (non-hydrogen) atoms. The van der Waals surface area contributed by atoms with Crippen molar-refractivity contribution < 1.29 is 9.21 Å². The van der Waals surface area contributed by atoms with E-state index in [0.29, 0.717) is 31.8 Å². The molecule has 152 valence electrons. The number of hydrogen-bond acceptors (Lipinski definition) is 7. The molecule has 2 aromatic carbocycles. The highest BCUT2D eigenvalue weighted by Gasteiger charge is 2.26. The van der Waals surface area contributed by atoms with Gasteiger partial charge in [-0.05, 0) is 36.6 Å². The van der Waals surface area contributed by atoms with Gasteiger partial charge in [0, 0.05) is 36.5 Å². The fourth-order valence-corrected chi connectivity index (χ4v) is 5.21. The van der Waals surface area contributed by atoms with Crippen LogP contribution < -0.4 is 10.5 Å². The number of hydrogen-bond donors (Lipinski definition) is 0. The van der Waals surface area contributed by atoms with E-state index in [9.17, 15) is 9.59 Å². The number of para-hydroxylation sites is 1. The molecule has 1 aliphatic heterocycles. The molecule has 1 aliphatic rings. The molecular weight excluding hydrogens is 418 g/mol. The molecule has 0 saturated carbocycles. The predicted molar refractivity (Wildman–Crippen MR) is 122 cm³/mol. The Morgan fingerprint density at radius 3 is 2.70 bits per heavy atom. The Kier molecular flexibility index (Phi) is 4.96. The fourth-order valence-electron chi connectivity index (χ4n) is 3.64. The molecule has 0 bridgehead atoms. The quantitative estimate of drug-likeness (QED) is 0.355. The lowest BCUT2D eigenvalue weighted by Gasteiger charge is -2.34. The molecule has 0 spiro atoms. The third kappa shape index (κ3) is 3.46. The topological polar surface area (TPSA) is 66.7 Å². The van der Waals surface area contributed by atoms with E-state index in [1.165, 1.54) is 9.60 Å². The van der Waals surface area contributed by atoms with Crippen molar-refractivity contribution in [3.63, 3.8) is 0 Å². The number of piperazine rings is 1. The molecule has 0 atom stereocenters. The second-order valence-electron chi connectivity index (χ2n) is 7.09. The minimum absolute atomic E-state index is 0.0896. The molecule has 1 fully saturated rings. The normalized spacial score (nSPS) is 14.6. The highest BCUT2D eigenvalue weighted by Crippen LogP contribution is 2.32. The lowest BCUT2D eigenvalue weighted by molar-refractivity contribution is 0.0742. The van der Waals surface area contributed by atoms with E-state index >= 15 is 0 Å². The summed E-state index contributed by atoms with van der Waals surface area (Å²) < 4.78 is 6.49. The predicted octanol–water partition coefficient (Wildman–Crippen LogP) is 4.09. The van der Waals surface area contributed by atoms with Crippen molar-refractivity contribution in [2.75, 3.05) is 37.3 Å². The van der Waals surface area contributed by atoms with Gasteiger partial charge in [0.1, 0.15) is 11.1 Å². The number of rotatable bonds is 3. The highest BCUT2D eigenvalue weighted by atomic mass is 32.2. The van der Waals surface area contributed by atoms with Crippen LogP contribution in [0.3, 0.4) is 0 Å². The molecule has 0 unspecified atom stereocenters. The monoisotopic (exact) mass is 437 g/mol. The van der Waals surface area contributed by atoms with Crippen molar-refractivity contribution in [2.24, 2.45) is 0 Å². The summed E-state index contributed by atoms with van der Waals surface area (Å²) in [6.07, 6.45) is 2.06. The number of amides is 1. The molecule has 4 aromatic rings. The van der Waals surface area contributed by atoms with Crippen LogP contribution in [0, 0.1) is 0 Å². The number of nitrogens with zero attached hydrogens (tertiary/aromatic N) is 3. The van der Waals surface area contributed by atoms with Crippen LogP contribution in [-0.2, 0) is 0 Å². The van der Waals surface area contributed by atoms with E-state index in [1.807, 2.05) is 12.1 Å². The maximum atomic E-state index is 13.0. The summed E-state index contributed by atoms with van der Waals surface area (Å²) in [6.45, 7) is 2.44. The molecule has 1 saturated heterocycles. The number of thiazole rings is 1. The Bertz CT molecular complexity index is 1310.